The molecule has 1 heterocycles. The molecule has 106 valence electrons. The monoisotopic (exact) mass is 269 g/mol. The van der Waals surface area contributed by atoms with Gasteiger partial charge in [-0.25, -0.2) is 4.79 Å². The van der Waals surface area contributed by atoms with E-state index in [9.17, 15) is 14.4 Å². The summed E-state index contributed by atoms with van der Waals surface area (Å²) in [6.07, 6.45) is 1.43. The number of anilines is 2. The molecule has 0 atom stereocenters. The number of rotatable bonds is 7. The van der Waals surface area contributed by atoms with E-state index in [1.165, 1.54) is 4.57 Å². The molecule has 8 nitrogen and oxygen atoms in total. The van der Waals surface area contributed by atoms with Crippen LogP contribution in [0.4, 0.5) is 11.5 Å². The van der Waals surface area contributed by atoms with Gasteiger partial charge in [-0.2, -0.15) is 0 Å². The van der Waals surface area contributed by atoms with Crippen molar-refractivity contribution in [3.63, 3.8) is 0 Å². The van der Waals surface area contributed by atoms with Gasteiger partial charge in [0.1, 0.15) is 11.5 Å². The minimum atomic E-state index is -0.561. The van der Waals surface area contributed by atoms with Crippen molar-refractivity contribution in [1.82, 2.24) is 9.55 Å². The van der Waals surface area contributed by atoms with Crippen LogP contribution in [0.5, 0.6) is 0 Å². The van der Waals surface area contributed by atoms with Crippen LogP contribution in [0, 0.1) is 0 Å². The predicted molar refractivity (Wildman–Crippen MR) is 72.9 cm³/mol. The summed E-state index contributed by atoms with van der Waals surface area (Å²) in [6.45, 7) is 2.70. The van der Waals surface area contributed by atoms with Gasteiger partial charge < -0.3 is 16.8 Å². The summed E-state index contributed by atoms with van der Waals surface area (Å²) in [5.74, 6) is -0.297. The fraction of sp³-hybridized carbons (Fsp3) is 0.545. The standard InChI is InChI=1S/C11H19N5O3/c1-2-6-16-9(13)8(10(18)15-11(16)19)14-5-3-4-7(12)17/h14H,2-6,13H2,1H3,(H2,12,17)(H,15,18,19). The molecule has 19 heavy (non-hydrogen) atoms. The number of nitrogens with zero attached hydrogens (tertiary/aromatic N) is 1. The number of hydrogen-bond donors (Lipinski definition) is 4. The van der Waals surface area contributed by atoms with Crippen LogP contribution in [0.2, 0.25) is 0 Å². The number of aromatic amines is 1. The lowest BCUT2D eigenvalue weighted by Crippen LogP contribution is -2.34. The van der Waals surface area contributed by atoms with Crippen LogP contribution in [0.25, 0.3) is 0 Å². The minimum Gasteiger partial charge on any atom is -0.383 e. The molecular formula is C11H19N5O3. The Balaban J connectivity index is 2.88. The van der Waals surface area contributed by atoms with E-state index in [1.54, 1.807) is 0 Å². The fourth-order valence-electron chi connectivity index (χ4n) is 1.68. The Morgan fingerprint density at radius 3 is 2.68 bits per heavy atom. The van der Waals surface area contributed by atoms with Crippen LogP contribution in [-0.4, -0.2) is 22.0 Å². The number of aromatic nitrogens is 2. The smallest absolute Gasteiger partial charge is 0.330 e. The third kappa shape index (κ3) is 3.87. The second-order valence-corrected chi connectivity index (χ2v) is 4.17. The van der Waals surface area contributed by atoms with E-state index in [0.29, 0.717) is 19.5 Å². The van der Waals surface area contributed by atoms with Gasteiger partial charge in [0.25, 0.3) is 5.56 Å². The van der Waals surface area contributed by atoms with Crippen LogP contribution in [0.3, 0.4) is 0 Å². The van der Waals surface area contributed by atoms with Crippen LogP contribution in [-0.2, 0) is 11.3 Å². The van der Waals surface area contributed by atoms with Crippen molar-refractivity contribution in [2.45, 2.75) is 32.7 Å². The van der Waals surface area contributed by atoms with Crippen LogP contribution in [0.1, 0.15) is 26.2 Å². The van der Waals surface area contributed by atoms with Crippen LogP contribution >= 0.6 is 0 Å². The number of H-pyrrole nitrogens is 1. The molecule has 0 saturated carbocycles. The Bertz CT molecular complexity index is 560. The van der Waals surface area contributed by atoms with Crippen molar-refractivity contribution in [3.8, 4) is 0 Å². The molecule has 0 saturated heterocycles. The highest BCUT2D eigenvalue weighted by atomic mass is 16.2. The van der Waals surface area contributed by atoms with Crippen LogP contribution in [0.15, 0.2) is 9.59 Å². The zero-order chi connectivity index (χ0) is 14.4. The van der Waals surface area contributed by atoms with E-state index >= 15 is 0 Å². The van der Waals surface area contributed by atoms with Gasteiger partial charge in [0.05, 0.1) is 0 Å². The van der Waals surface area contributed by atoms with Gasteiger partial charge in [-0.15, -0.1) is 0 Å². The Kier molecular flexibility index (Phi) is 5.16. The van der Waals surface area contributed by atoms with Gasteiger partial charge in [0, 0.05) is 19.5 Å². The molecule has 1 amide bonds. The van der Waals surface area contributed by atoms with Gasteiger partial charge in [0.15, 0.2) is 0 Å². The maximum atomic E-state index is 11.6. The first-order valence-electron chi connectivity index (χ1n) is 6.12. The van der Waals surface area contributed by atoms with Gasteiger partial charge in [0.2, 0.25) is 5.91 Å². The first-order valence-corrected chi connectivity index (χ1v) is 6.12. The molecule has 1 aromatic rings. The number of carbonyl (C=O) groups is 1. The molecule has 0 spiro atoms. The van der Waals surface area contributed by atoms with E-state index in [1.807, 2.05) is 6.92 Å². The normalized spacial score (nSPS) is 10.4. The topological polar surface area (TPSA) is 136 Å². The van der Waals surface area contributed by atoms with E-state index in [2.05, 4.69) is 10.3 Å². The molecule has 0 aliphatic carbocycles. The molecule has 0 bridgehead atoms. The van der Waals surface area contributed by atoms with E-state index < -0.39 is 17.2 Å². The lowest BCUT2D eigenvalue weighted by molar-refractivity contribution is -0.118. The second-order valence-electron chi connectivity index (χ2n) is 4.17. The summed E-state index contributed by atoms with van der Waals surface area (Å²) in [5.41, 5.74) is 9.88. The molecule has 1 aromatic heterocycles. The Morgan fingerprint density at radius 2 is 2.11 bits per heavy atom. The number of nitrogen functional groups attached to an aromatic ring is 1. The first-order chi connectivity index (χ1) is 8.97. The summed E-state index contributed by atoms with van der Waals surface area (Å²) in [7, 11) is 0. The van der Waals surface area contributed by atoms with E-state index in [0.717, 1.165) is 6.42 Å². The quantitative estimate of drug-likeness (QED) is 0.481. The SMILES string of the molecule is CCCn1c(N)c(NCCCC(N)=O)c(=O)[nH]c1=O. The van der Waals surface area contributed by atoms with Crippen LogP contribution < -0.4 is 28.0 Å². The predicted octanol–water partition coefficient (Wildman–Crippen LogP) is -0.794. The molecule has 0 fully saturated rings. The van der Waals surface area contributed by atoms with Crippen molar-refractivity contribution in [3.05, 3.63) is 20.8 Å². The molecule has 0 aliphatic heterocycles. The van der Waals surface area contributed by atoms with Gasteiger partial charge >= 0.3 is 5.69 Å². The maximum absolute atomic E-state index is 11.6. The number of nitrogens with one attached hydrogen (secondary N) is 2. The lowest BCUT2D eigenvalue weighted by atomic mass is 10.3. The average molecular weight is 269 g/mol. The zero-order valence-corrected chi connectivity index (χ0v) is 10.9. The van der Waals surface area contributed by atoms with Gasteiger partial charge in [-0.05, 0) is 12.8 Å². The Morgan fingerprint density at radius 1 is 1.42 bits per heavy atom. The number of nitrogens with two attached hydrogens (primary N) is 2. The highest BCUT2D eigenvalue weighted by Gasteiger charge is 2.11. The molecule has 0 aliphatic rings. The third-order valence-electron chi connectivity index (χ3n) is 2.59. The summed E-state index contributed by atoms with van der Waals surface area (Å²) in [6, 6.07) is 0. The minimum absolute atomic E-state index is 0.106. The molecule has 0 aromatic carbocycles. The summed E-state index contributed by atoms with van der Waals surface area (Å²) in [5, 5.41) is 2.83. The largest absolute Gasteiger partial charge is 0.383 e. The second kappa shape index (κ2) is 6.62. The van der Waals surface area contributed by atoms with E-state index in [-0.39, 0.29) is 17.9 Å². The summed E-state index contributed by atoms with van der Waals surface area (Å²) < 4.78 is 1.30. The van der Waals surface area contributed by atoms with Crippen molar-refractivity contribution in [2.75, 3.05) is 17.6 Å². The van der Waals surface area contributed by atoms with Crippen molar-refractivity contribution in [1.29, 1.82) is 0 Å². The molecule has 1 rings (SSSR count). The fourth-order valence-corrected chi connectivity index (χ4v) is 1.68. The highest BCUT2D eigenvalue weighted by Crippen LogP contribution is 2.10. The number of hydrogen-bond acceptors (Lipinski definition) is 5. The average Bonchev–Trinajstić information content (AvgIpc) is 2.33. The molecule has 0 unspecified atom stereocenters. The molecule has 0 radical (unpaired) electrons. The lowest BCUT2D eigenvalue weighted by Gasteiger charge is -2.12. The van der Waals surface area contributed by atoms with E-state index in [4.69, 9.17) is 11.5 Å². The maximum Gasteiger partial charge on any atom is 0.330 e. The zero-order valence-electron chi connectivity index (χ0n) is 10.9. The van der Waals surface area contributed by atoms with Crippen molar-refractivity contribution < 1.29 is 4.79 Å². The number of amides is 1. The molecule has 6 N–H and O–H groups in total. The Hall–Kier alpha value is -2.25. The highest BCUT2D eigenvalue weighted by molar-refractivity contribution is 5.73. The van der Waals surface area contributed by atoms with Gasteiger partial charge in [-0.3, -0.25) is 19.1 Å². The Labute approximate surface area is 109 Å². The number of carbonyl (C=O) groups excluding carboxylic acids is 1. The molecule has 8 heteroatoms. The summed E-state index contributed by atoms with van der Waals surface area (Å²) >= 11 is 0. The van der Waals surface area contributed by atoms with Crippen molar-refractivity contribution in [2.24, 2.45) is 5.73 Å². The molecular weight excluding hydrogens is 250 g/mol. The summed E-state index contributed by atoms with van der Waals surface area (Å²) in [4.78, 5) is 36.0. The first kappa shape index (κ1) is 14.8. The van der Waals surface area contributed by atoms with Crippen molar-refractivity contribution >= 4 is 17.4 Å². The number of primary amides is 1. The third-order valence-corrected chi connectivity index (χ3v) is 2.59. The van der Waals surface area contributed by atoms with Gasteiger partial charge in [-0.1, -0.05) is 6.92 Å².